The van der Waals surface area contributed by atoms with Gasteiger partial charge in [-0.05, 0) is 42.8 Å². The quantitative estimate of drug-likeness (QED) is 0.874. The summed E-state index contributed by atoms with van der Waals surface area (Å²) in [7, 11) is 0. The number of amides is 1. The van der Waals surface area contributed by atoms with Gasteiger partial charge in [-0.1, -0.05) is 29.3 Å². The zero-order valence-electron chi connectivity index (χ0n) is 11.2. The lowest BCUT2D eigenvalue weighted by atomic mass is 10.1. The number of rotatable bonds is 4. The number of carbonyl (C=O) groups is 1. The van der Waals surface area contributed by atoms with E-state index in [9.17, 15) is 9.18 Å². The molecule has 0 fully saturated rings. The highest BCUT2D eigenvalue weighted by molar-refractivity contribution is 6.42. The molecule has 0 aliphatic carbocycles. The van der Waals surface area contributed by atoms with Crippen molar-refractivity contribution in [3.63, 3.8) is 0 Å². The normalized spacial score (nSPS) is 12.0. The minimum atomic E-state index is -0.611. The fourth-order valence-electron chi connectivity index (χ4n) is 1.89. The van der Waals surface area contributed by atoms with Gasteiger partial charge < -0.3 is 11.1 Å². The summed E-state index contributed by atoms with van der Waals surface area (Å²) >= 11 is 11.8. The number of nitrogens with one attached hydrogen (secondary N) is 1. The smallest absolute Gasteiger partial charge is 0.248 e. The average Bonchev–Trinajstić information content (AvgIpc) is 2.43. The Balaban J connectivity index is 2.26. The summed E-state index contributed by atoms with van der Waals surface area (Å²) in [4.78, 5) is 11.1. The molecule has 1 amide bonds. The number of benzene rings is 2. The van der Waals surface area contributed by atoms with Crippen LogP contribution in [0.25, 0.3) is 0 Å². The number of primary amides is 1. The predicted molar refractivity (Wildman–Crippen MR) is 83.4 cm³/mol. The van der Waals surface area contributed by atoms with Gasteiger partial charge in [-0.25, -0.2) is 4.39 Å². The lowest BCUT2D eigenvalue weighted by Crippen LogP contribution is -2.13. The molecule has 2 aromatic rings. The van der Waals surface area contributed by atoms with Crippen LogP contribution < -0.4 is 11.1 Å². The summed E-state index contributed by atoms with van der Waals surface area (Å²) in [6.45, 7) is 1.84. The molecule has 0 saturated carbocycles. The lowest BCUT2D eigenvalue weighted by molar-refractivity contribution is 0.100. The summed E-state index contributed by atoms with van der Waals surface area (Å²) in [5, 5.41) is 3.86. The van der Waals surface area contributed by atoms with Crippen LogP contribution in [0.3, 0.4) is 0 Å². The van der Waals surface area contributed by atoms with Crippen molar-refractivity contribution >= 4 is 34.8 Å². The standard InChI is InChI=1S/C15H13Cl2FN2O/c1-8(9-2-4-11(16)12(17)6-9)20-14-7-10(15(19)21)3-5-13(14)18/h2-8,20H,1H3,(H2,19,21). The largest absolute Gasteiger partial charge is 0.376 e. The maximum atomic E-state index is 13.8. The van der Waals surface area contributed by atoms with E-state index in [1.165, 1.54) is 18.2 Å². The Morgan fingerprint density at radius 3 is 2.52 bits per heavy atom. The number of hydrogen-bond acceptors (Lipinski definition) is 2. The Labute approximate surface area is 131 Å². The van der Waals surface area contributed by atoms with Crippen molar-refractivity contribution < 1.29 is 9.18 Å². The Bertz CT molecular complexity index is 691. The minimum Gasteiger partial charge on any atom is -0.376 e. The molecule has 0 heterocycles. The van der Waals surface area contributed by atoms with E-state index in [0.717, 1.165) is 5.56 Å². The van der Waals surface area contributed by atoms with Crippen molar-refractivity contribution in [3.8, 4) is 0 Å². The van der Waals surface area contributed by atoms with E-state index in [0.29, 0.717) is 10.0 Å². The van der Waals surface area contributed by atoms with E-state index in [2.05, 4.69) is 5.32 Å². The minimum absolute atomic E-state index is 0.199. The molecule has 0 spiro atoms. The molecule has 1 unspecified atom stereocenters. The van der Waals surface area contributed by atoms with Gasteiger partial charge in [0, 0.05) is 11.6 Å². The van der Waals surface area contributed by atoms with Crippen molar-refractivity contribution in [2.45, 2.75) is 13.0 Å². The van der Waals surface area contributed by atoms with Crippen LogP contribution >= 0.6 is 23.2 Å². The molecule has 6 heteroatoms. The Hall–Kier alpha value is -1.78. The van der Waals surface area contributed by atoms with E-state index in [1.54, 1.807) is 18.2 Å². The highest BCUT2D eigenvalue weighted by Crippen LogP contribution is 2.28. The van der Waals surface area contributed by atoms with Gasteiger partial charge in [0.2, 0.25) is 5.91 Å². The number of hydrogen-bond donors (Lipinski definition) is 2. The van der Waals surface area contributed by atoms with E-state index in [4.69, 9.17) is 28.9 Å². The van der Waals surface area contributed by atoms with E-state index < -0.39 is 11.7 Å². The van der Waals surface area contributed by atoms with Crippen molar-refractivity contribution in [3.05, 3.63) is 63.4 Å². The molecule has 0 aromatic heterocycles. The van der Waals surface area contributed by atoms with Gasteiger partial charge in [0.1, 0.15) is 5.82 Å². The first-order valence-electron chi connectivity index (χ1n) is 6.19. The summed E-state index contributed by atoms with van der Waals surface area (Å²) in [6, 6.07) is 8.87. The van der Waals surface area contributed by atoms with E-state index >= 15 is 0 Å². The lowest BCUT2D eigenvalue weighted by Gasteiger charge is -2.17. The molecule has 0 radical (unpaired) electrons. The van der Waals surface area contributed by atoms with Gasteiger partial charge in [-0.15, -0.1) is 0 Å². The molecule has 0 aliphatic rings. The Kier molecular flexibility index (Phi) is 4.70. The van der Waals surface area contributed by atoms with Gasteiger partial charge in [-0.3, -0.25) is 4.79 Å². The highest BCUT2D eigenvalue weighted by atomic mass is 35.5. The molecule has 3 N–H and O–H groups in total. The highest BCUT2D eigenvalue weighted by Gasteiger charge is 2.12. The Morgan fingerprint density at radius 1 is 1.19 bits per heavy atom. The monoisotopic (exact) mass is 326 g/mol. The summed E-state index contributed by atoms with van der Waals surface area (Å²) in [5.41, 5.74) is 6.47. The maximum Gasteiger partial charge on any atom is 0.248 e. The third-order valence-corrected chi connectivity index (χ3v) is 3.81. The third-order valence-electron chi connectivity index (χ3n) is 3.07. The van der Waals surface area contributed by atoms with Crippen molar-refractivity contribution in [1.82, 2.24) is 0 Å². The molecule has 1 atom stereocenters. The van der Waals surface area contributed by atoms with Gasteiger partial charge in [-0.2, -0.15) is 0 Å². The zero-order chi connectivity index (χ0) is 15.6. The summed E-state index contributed by atoms with van der Waals surface area (Å²) in [5.74, 6) is -1.08. The number of nitrogens with two attached hydrogens (primary N) is 1. The average molecular weight is 327 g/mol. The van der Waals surface area contributed by atoms with Crippen LogP contribution in [-0.2, 0) is 0 Å². The first-order chi connectivity index (χ1) is 9.88. The van der Waals surface area contributed by atoms with Gasteiger partial charge in [0.25, 0.3) is 0 Å². The van der Waals surface area contributed by atoms with Crippen LogP contribution in [0.1, 0.15) is 28.9 Å². The molecule has 0 bridgehead atoms. The summed E-state index contributed by atoms with van der Waals surface area (Å²) < 4.78 is 13.8. The van der Waals surface area contributed by atoms with Crippen LogP contribution in [0.5, 0.6) is 0 Å². The molecular weight excluding hydrogens is 314 g/mol. The van der Waals surface area contributed by atoms with E-state index in [-0.39, 0.29) is 17.3 Å². The molecule has 110 valence electrons. The first-order valence-corrected chi connectivity index (χ1v) is 6.95. The molecule has 0 aliphatic heterocycles. The third kappa shape index (κ3) is 3.65. The second-order valence-electron chi connectivity index (χ2n) is 4.60. The number of anilines is 1. The number of halogens is 3. The SMILES string of the molecule is CC(Nc1cc(C(N)=O)ccc1F)c1ccc(Cl)c(Cl)c1. The summed E-state index contributed by atoms with van der Waals surface area (Å²) in [6.07, 6.45) is 0. The molecular formula is C15H13Cl2FN2O. The molecule has 21 heavy (non-hydrogen) atoms. The fraction of sp³-hybridized carbons (Fsp3) is 0.133. The topological polar surface area (TPSA) is 55.1 Å². The first kappa shape index (κ1) is 15.6. The van der Waals surface area contributed by atoms with Crippen LogP contribution in [0.4, 0.5) is 10.1 Å². The van der Waals surface area contributed by atoms with Crippen LogP contribution in [-0.4, -0.2) is 5.91 Å². The zero-order valence-corrected chi connectivity index (χ0v) is 12.7. The second kappa shape index (κ2) is 6.33. The van der Waals surface area contributed by atoms with Crippen LogP contribution in [0.15, 0.2) is 36.4 Å². The van der Waals surface area contributed by atoms with E-state index in [1.807, 2.05) is 6.92 Å². The molecule has 0 saturated heterocycles. The van der Waals surface area contributed by atoms with Crippen LogP contribution in [0.2, 0.25) is 10.0 Å². The van der Waals surface area contributed by atoms with Gasteiger partial charge >= 0.3 is 0 Å². The molecule has 2 aromatic carbocycles. The van der Waals surface area contributed by atoms with Gasteiger partial charge in [0.15, 0.2) is 0 Å². The van der Waals surface area contributed by atoms with Crippen molar-refractivity contribution in [2.24, 2.45) is 5.73 Å². The molecule has 2 rings (SSSR count). The van der Waals surface area contributed by atoms with Crippen LogP contribution in [0, 0.1) is 5.82 Å². The van der Waals surface area contributed by atoms with Gasteiger partial charge in [0.05, 0.1) is 15.7 Å². The molecule has 3 nitrogen and oxygen atoms in total. The van der Waals surface area contributed by atoms with Crippen molar-refractivity contribution in [2.75, 3.05) is 5.32 Å². The maximum absolute atomic E-state index is 13.8. The van der Waals surface area contributed by atoms with Crippen molar-refractivity contribution in [1.29, 1.82) is 0 Å². The fourth-order valence-corrected chi connectivity index (χ4v) is 2.19. The predicted octanol–water partition coefficient (Wildman–Crippen LogP) is 4.40. The Morgan fingerprint density at radius 2 is 1.90 bits per heavy atom. The second-order valence-corrected chi connectivity index (χ2v) is 5.41. The number of carbonyl (C=O) groups excluding carboxylic acids is 1.